The van der Waals surface area contributed by atoms with Crippen molar-refractivity contribution in [3.05, 3.63) is 59.7 Å². The second kappa shape index (κ2) is 10.5. The van der Waals surface area contributed by atoms with Gasteiger partial charge in [-0.05, 0) is 82.0 Å². The first kappa shape index (κ1) is 24.3. The smallest absolute Gasteiger partial charge is 0.253 e. The van der Waals surface area contributed by atoms with Crippen molar-refractivity contribution in [1.82, 2.24) is 10.2 Å². The fourth-order valence-corrected chi connectivity index (χ4v) is 3.66. The predicted molar refractivity (Wildman–Crippen MR) is 132 cm³/mol. The van der Waals surface area contributed by atoms with Crippen LogP contribution in [0.25, 0.3) is 0 Å². The molecule has 176 valence electrons. The standard InChI is InChI=1S/C26H34N4O3/c1-18-12-14-30(15-13-18)25(33)19-8-10-21(11-9-19)28-23(31)17-27-22-7-5-6-20(16-22)24(32)29-26(2,3)4/h5-11,16,18,27H,12-15,17H2,1-4H3,(H,28,31)(H,29,32). The molecule has 0 radical (unpaired) electrons. The SMILES string of the molecule is CC1CCN(C(=O)c2ccc(NC(=O)CNc3cccc(C(=O)NC(C)(C)C)c3)cc2)CC1. The van der Waals surface area contributed by atoms with Crippen molar-refractivity contribution in [2.24, 2.45) is 5.92 Å². The van der Waals surface area contributed by atoms with Crippen molar-refractivity contribution < 1.29 is 14.4 Å². The van der Waals surface area contributed by atoms with Gasteiger partial charge in [0.05, 0.1) is 6.54 Å². The number of nitrogens with one attached hydrogen (secondary N) is 3. The summed E-state index contributed by atoms with van der Waals surface area (Å²) in [5.41, 5.74) is 2.14. The minimum Gasteiger partial charge on any atom is -0.376 e. The third kappa shape index (κ3) is 7.34. The highest BCUT2D eigenvalue weighted by Crippen LogP contribution is 2.19. The summed E-state index contributed by atoms with van der Waals surface area (Å²) in [6.07, 6.45) is 2.08. The van der Waals surface area contributed by atoms with Crippen molar-refractivity contribution in [3.63, 3.8) is 0 Å². The number of amides is 3. The van der Waals surface area contributed by atoms with E-state index in [-0.39, 0.29) is 29.8 Å². The van der Waals surface area contributed by atoms with E-state index in [1.54, 1.807) is 42.5 Å². The highest BCUT2D eigenvalue weighted by molar-refractivity contribution is 5.97. The fourth-order valence-electron chi connectivity index (χ4n) is 3.66. The van der Waals surface area contributed by atoms with Crippen molar-refractivity contribution >= 4 is 29.1 Å². The van der Waals surface area contributed by atoms with Crippen LogP contribution in [0.5, 0.6) is 0 Å². The van der Waals surface area contributed by atoms with Crippen LogP contribution in [0.4, 0.5) is 11.4 Å². The van der Waals surface area contributed by atoms with Crippen molar-refractivity contribution in [1.29, 1.82) is 0 Å². The topological polar surface area (TPSA) is 90.5 Å². The summed E-state index contributed by atoms with van der Waals surface area (Å²) in [4.78, 5) is 39.2. The van der Waals surface area contributed by atoms with E-state index in [4.69, 9.17) is 0 Å². The Labute approximate surface area is 195 Å². The molecule has 7 heteroatoms. The van der Waals surface area contributed by atoms with Gasteiger partial charge in [-0.2, -0.15) is 0 Å². The van der Waals surface area contributed by atoms with Gasteiger partial charge in [-0.1, -0.05) is 13.0 Å². The van der Waals surface area contributed by atoms with E-state index in [2.05, 4.69) is 22.9 Å². The lowest BCUT2D eigenvalue weighted by Gasteiger charge is -2.30. The van der Waals surface area contributed by atoms with Gasteiger partial charge in [-0.15, -0.1) is 0 Å². The minimum atomic E-state index is -0.326. The van der Waals surface area contributed by atoms with Gasteiger partial charge in [-0.25, -0.2) is 0 Å². The Bertz CT molecular complexity index is 987. The number of anilines is 2. The van der Waals surface area contributed by atoms with Gasteiger partial charge in [0.1, 0.15) is 0 Å². The Morgan fingerprint density at radius 2 is 1.61 bits per heavy atom. The largest absolute Gasteiger partial charge is 0.376 e. The molecule has 7 nitrogen and oxygen atoms in total. The monoisotopic (exact) mass is 450 g/mol. The molecule has 3 amide bonds. The zero-order valence-electron chi connectivity index (χ0n) is 19.9. The molecule has 1 heterocycles. The second-order valence-electron chi connectivity index (χ2n) is 9.74. The van der Waals surface area contributed by atoms with E-state index in [1.165, 1.54) is 0 Å². The summed E-state index contributed by atoms with van der Waals surface area (Å²) in [7, 11) is 0. The van der Waals surface area contributed by atoms with Gasteiger partial charge >= 0.3 is 0 Å². The zero-order chi connectivity index (χ0) is 24.0. The molecule has 0 bridgehead atoms. The Morgan fingerprint density at radius 1 is 0.939 bits per heavy atom. The van der Waals surface area contributed by atoms with E-state index < -0.39 is 0 Å². The molecule has 3 N–H and O–H groups in total. The normalized spacial score (nSPS) is 14.5. The first-order chi connectivity index (χ1) is 15.6. The Morgan fingerprint density at radius 3 is 2.24 bits per heavy atom. The maximum absolute atomic E-state index is 12.7. The number of hydrogen-bond acceptors (Lipinski definition) is 4. The van der Waals surface area contributed by atoms with Gasteiger partial charge in [-0.3, -0.25) is 14.4 Å². The molecule has 3 rings (SSSR count). The molecule has 2 aromatic rings. The summed E-state index contributed by atoms with van der Waals surface area (Å²) in [5.74, 6) is 0.327. The molecule has 1 aliphatic heterocycles. The minimum absolute atomic E-state index is 0.0387. The number of carbonyl (C=O) groups excluding carboxylic acids is 3. The number of rotatable bonds is 6. The average molecular weight is 451 g/mol. The van der Waals surface area contributed by atoms with Gasteiger partial charge in [0.25, 0.3) is 11.8 Å². The lowest BCUT2D eigenvalue weighted by Crippen LogP contribution is -2.40. The highest BCUT2D eigenvalue weighted by atomic mass is 16.2. The molecule has 1 fully saturated rings. The van der Waals surface area contributed by atoms with Crippen molar-refractivity contribution in [2.45, 2.75) is 46.1 Å². The fraction of sp³-hybridized carbons (Fsp3) is 0.423. The highest BCUT2D eigenvalue weighted by Gasteiger charge is 2.21. The first-order valence-electron chi connectivity index (χ1n) is 11.5. The Hall–Kier alpha value is -3.35. The van der Waals surface area contributed by atoms with E-state index in [0.29, 0.717) is 28.4 Å². The molecule has 33 heavy (non-hydrogen) atoms. The number of piperidine rings is 1. The Balaban J connectivity index is 1.50. The van der Waals surface area contributed by atoms with E-state index in [0.717, 1.165) is 25.9 Å². The molecule has 0 aliphatic carbocycles. The molecule has 0 saturated carbocycles. The van der Waals surface area contributed by atoms with E-state index in [9.17, 15) is 14.4 Å². The summed E-state index contributed by atoms with van der Waals surface area (Å²) >= 11 is 0. The summed E-state index contributed by atoms with van der Waals surface area (Å²) < 4.78 is 0. The van der Waals surface area contributed by atoms with Gasteiger partial charge < -0.3 is 20.9 Å². The maximum Gasteiger partial charge on any atom is 0.253 e. The summed E-state index contributed by atoms with van der Waals surface area (Å²) in [6, 6.07) is 14.0. The third-order valence-corrected chi connectivity index (χ3v) is 5.55. The van der Waals surface area contributed by atoms with E-state index >= 15 is 0 Å². The lowest BCUT2D eigenvalue weighted by molar-refractivity contribution is -0.114. The number of benzene rings is 2. The Kier molecular flexibility index (Phi) is 7.74. The zero-order valence-corrected chi connectivity index (χ0v) is 19.9. The number of carbonyl (C=O) groups is 3. The average Bonchev–Trinajstić information content (AvgIpc) is 2.77. The third-order valence-electron chi connectivity index (χ3n) is 5.55. The molecule has 0 atom stereocenters. The van der Waals surface area contributed by atoms with Crippen LogP contribution in [-0.2, 0) is 4.79 Å². The number of hydrogen-bond donors (Lipinski definition) is 3. The maximum atomic E-state index is 12.7. The predicted octanol–water partition coefficient (Wildman–Crippen LogP) is 4.14. The second-order valence-corrected chi connectivity index (χ2v) is 9.74. The quantitative estimate of drug-likeness (QED) is 0.617. The lowest BCUT2D eigenvalue weighted by atomic mass is 9.98. The van der Waals surface area contributed by atoms with E-state index in [1.807, 2.05) is 31.7 Å². The molecular formula is C26H34N4O3. The summed E-state index contributed by atoms with van der Waals surface area (Å²) in [6.45, 7) is 9.63. The van der Waals surface area contributed by atoms with Crippen molar-refractivity contribution in [3.8, 4) is 0 Å². The first-order valence-corrected chi connectivity index (χ1v) is 11.5. The molecular weight excluding hydrogens is 416 g/mol. The molecule has 1 saturated heterocycles. The van der Waals surface area contributed by atoms with Crippen LogP contribution >= 0.6 is 0 Å². The van der Waals surface area contributed by atoms with Gasteiger partial charge in [0.2, 0.25) is 5.91 Å². The molecule has 0 aromatic heterocycles. The van der Waals surface area contributed by atoms with Crippen LogP contribution in [0, 0.1) is 5.92 Å². The van der Waals surface area contributed by atoms with Crippen LogP contribution in [0.3, 0.4) is 0 Å². The van der Waals surface area contributed by atoms with Crippen LogP contribution in [0.2, 0.25) is 0 Å². The van der Waals surface area contributed by atoms with Crippen LogP contribution < -0.4 is 16.0 Å². The van der Waals surface area contributed by atoms with Crippen LogP contribution in [0.1, 0.15) is 61.3 Å². The van der Waals surface area contributed by atoms with Gasteiger partial charge in [0, 0.05) is 41.1 Å². The molecule has 0 spiro atoms. The number of nitrogens with zero attached hydrogens (tertiary/aromatic N) is 1. The molecule has 1 aliphatic rings. The van der Waals surface area contributed by atoms with Crippen LogP contribution in [-0.4, -0.2) is 47.8 Å². The number of likely N-dealkylation sites (tertiary alicyclic amines) is 1. The molecule has 0 unspecified atom stereocenters. The van der Waals surface area contributed by atoms with Gasteiger partial charge in [0.15, 0.2) is 0 Å². The molecule has 2 aromatic carbocycles. The van der Waals surface area contributed by atoms with Crippen molar-refractivity contribution in [2.75, 3.05) is 30.3 Å². The van der Waals surface area contributed by atoms with Crippen LogP contribution in [0.15, 0.2) is 48.5 Å². The summed E-state index contributed by atoms with van der Waals surface area (Å²) in [5, 5.41) is 8.79.